The first kappa shape index (κ1) is 23.5. The molecule has 176 valence electrons. The molecule has 2 aromatic rings. The summed E-state index contributed by atoms with van der Waals surface area (Å²) in [6.07, 6.45) is -4.65. The number of nitrogens with zero attached hydrogens (tertiary/aromatic N) is 2. The number of ether oxygens (including phenoxy) is 2. The van der Waals surface area contributed by atoms with E-state index in [2.05, 4.69) is 0 Å². The van der Waals surface area contributed by atoms with E-state index < -0.39 is 40.6 Å². The number of amides is 2. The third-order valence-corrected chi connectivity index (χ3v) is 7.03. The van der Waals surface area contributed by atoms with Crippen molar-refractivity contribution in [1.82, 2.24) is 0 Å². The van der Waals surface area contributed by atoms with Crippen molar-refractivity contribution >= 4 is 29.3 Å². The molecule has 2 N–H and O–H groups in total. The maximum absolute atomic E-state index is 13.5. The number of nitriles is 1. The summed E-state index contributed by atoms with van der Waals surface area (Å²) in [7, 11) is 2.88. The Morgan fingerprint density at radius 3 is 2.38 bits per heavy atom. The molecule has 11 heteroatoms. The first-order valence-electron chi connectivity index (χ1n) is 9.95. The van der Waals surface area contributed by atoms with Gasteiger partial charge in [0.2, 0.25) is 11.8 Å². The quantitative estimate of drug-likeness (QED) is 0.651. The molecule has 1 fully saturated rings. The van der Waals surface area contributed by atoms with Crippen LogP contribution in [0.1, 0.15) is 17.0 Å². The van der Waals surface area contributed by atoms with E-state index >= 15 is 0 Å². The molecule has 2 heterocycles. The number of allylic oxidation sites excluding steroid dienone is 1. The van der Waals surface area contributed by atoms with Crippen molar-refractivity contribution in [2.75, 3.05) is 19.1 Å². The van der Waals surface area contributed by atoms with Gasteiger partial charge in [0, 0.05) is 5.92 Å². The topological polar surface area (TPSA) is 106 Å². The third-order valence-electron chi connectivity index (χ3n) is 5.80. The largest absolute Gasteiger partial charge is 0.493 e. The van der Waals surface area contributed by atoms with Gasteiger partial charge < -0.3 is 15.2 Å². The lowest BCUT2D eigenvalue weighted by Crippen LogP contribution is -2.33. The van der Waals surface area contributed by atoms with Crippen molar-refractivity contribution in [2.24, 2.45) is 11.7 Å². The van der Waals surface area contributed by atoms with Crippen LogP contribution in [-0.2, 0) is 15.8 Å². The zero-order chi connectivity index (χ0) is 24.8. The van der Waals surface area contributed by atoms with Crippen LogP contribution in [0.4, 0.5) is 18.9 Å². The molecule has 4 rings (SSSR count). The van der Waals surface area contributed by atoms with Crippen LogP contribution in [0, 0.1) is 17.2 Å². The number of hydrogen-bond donors (Lipinski definition) is 1. The molecule has 0 radical (unpaired) electrons. The van der Waals surface area contributed by atoms with Crippen molar-refractivity contribution < 1.29 is 32.2 Å². The molecule has 2 aliphatic heterocycles. The molecule has 0 bridgehead atoms. The van der Waals surface area contributed by atoms with Gasteiger partial charge in [0.1, 0.15) is 5.25 Å². The number of anilines is 1. The number of rotatable bonds is 4. The van der Waals surface area contributed by atoms with E-state index in [-0.39, 0.29) is 16.3 Å². The smallest absolute Gasteiger partial charge is 0.416 e. The number of carbonyl (C=O) groups excluding carboxylic acids is 2. The molecule has 34 heavy (non-hydrogen) atoms. The average molecular weight is 489 g/mol. The average Bonchev–Trinajstić information content (AvgIpc) is 3.06. The summed E-state index contributed by atoms with van der Waals surface area (Å²) >= 11 is 0.870. The Kier molecular flexibility index (Phi) is 5.95. The van der Waals surface area contributed by atoms with E-state index in [1.807, 2.05) is 6.07 Å². The standard InChI is InChI=1S/C23H18F3N3O4S/c1-32-15-7-6-11(8-16(15)33-2)17-14(10-27)20(28)34-19-18(17)21(30)29(22(19)31)13-5-3-4-12(9-13)23(24,25)26/h3-9,17-19H,28H2,1-2H3/t17-,18+,19-/m0/s1. The van der Waals surface area contributed by atoms with Gasteiger partial charge in [-0.2, -0.15) is 18.4 Å². The second-order valence-electron chi connectivity index (χ2n) is 7.61. The molecule has 0 aliphatic carbocycles. The summed E-state index contributed by atoms with van der Waals surface area (Å²) in [5.41, 5.74) is 5.52. The lowest BCUT2D eigenvalue weighted by molar-refractivity contribution is -0.137. The Hall–Kier alpha value is -3.65. The second-order valence-corrected chi connectivity index (χ2v) is 8.79. The van der Waals surface area contributed by atoms with Gasteiger partial charge in [-0.1, -0.05) is 23.9 Å². The van der Waals surface area contributed by atoms with Gasteiger partial charge in [-0.05, 0) is 35.9 Å². The number of methoxy groups -OCH3 is 2. The molecule has 2 amide bonds. The SMILES string of the molecule is COc1ccc([C@H]2C(C#N)=C(N)S[C@@H]3C(=O)N(c4cccc(C(F)(F)F)c4)C(=O)[C@@H]32)cc1OC. The fourth-order valence-corrected chi connectivity index (χ4v) is 5.46. The molecular weight excluding hydrogens is 471 g/mol. The fourth-order valence-electron chi connectivity index (χ4n) is 4.26. The van der Waals surface area contributed by atoms with Gasteiger partial charge >= 0.3 is 6.18 Å². The van der Waals surface area contributed by atoms with Crippen LogP contribution in [0.5, 0.6) is 11.5 Å². The zero-order valence-corrected chi connectivity index (χ0v) is 18.7. The van der Waals surface area contributed by atoms with Crippen LogP contribution in [0.15, 0.2) is 53.1 Å². The molecule has 0 spiro atoms. The molecule has 3 atom stereocenters. The van der Waals surface area contributed by atoms with Gasteiger partial charge in [0.25, 0.3) is 0 Å². The molecule has 1 saturated heterocycles. The van der Waals surface area contributed by atoms with E-state index in [4.69, 9.17) is 15.2 Å². The Labute approximate surface area is 196 Å². The minimum atomic E-state index is -4.65. The van der Waals surface area contributed by atoms with Gasteiger partial charge in [-0.3, -0.25) is 9.59 Å². The van der Waals surface area contributed by atoms with E-state index in [1.165, 1.54) is 20.3 Å². The number of imide groups is 1. The summed E-state index contributed by atoms with van der Waals surface area (Å²) < 4.78 is 50.3. The van der Waals surface area contributed by atoms with E-state index in [1.54, 1.807) is 18.2 Å². The number of hydrogen-bond acceptors (Lipinski definition) is 7. The van der Waals surface area contributed by atoms with Crippen LogP contribution in [-0.4, -0.2) is 31.3 Å². The highest BCUT2D eigenvalue weighted by Gasteiger charge is 2.56. The molecule has 0 unspecified atom stereocenters. The van der Waals surface area contributed by atoms with Crippen LogP contribution in [0.2, 0.25) is 0 Å². The summed E-state index contributed by atoms with van der Waals surface area (Å²) in [4.78, 5) is 27.5. The summed E-state index contributed by atoms with van der Waals surface area (Å²) in [6, 6.07) is 10.9. The molecule has 0 aromatic heterocycles. The minimum Gasteiger partial charge on any atom is -0.493 e. The lowest BCUT2D eigenvalue weighted by atomic mass is 9.79. The number of alkyl halides is 3. The number of benzene rings is 2. The highest BCUT2D eigenvalue weighted by molar-refractivity contribution is 8.04. The van der Waals surface area contributed by atoms with Gasteiger partial charge in [0.05, 0.1) is 48.1 Å². The first-order chi connectivity index (χ1) is 16.1. The molecule has 2 aliphatic rings. The Morgan fingerprint density at radius 2 is 1.76 bits per heavy atom. The predicted molar refractivity (Wildman–Crippen MR) is 118 cm³/mol. The molecule has 2 aromatic carbocycles. The molecule has 7 nitrogen and oxygen atoms in total. The Bertz CT molecular complexity index is 1250. The van der Waals surface area contributed by atoms with Crippen LogP contribution in [0.3, 0.4) is 0 Å². The minimum absolute atomic E-state index is 0.0792. The summed E-state index contributed by atoms with van der Waals surface area (Å²) in [5, 5.41) is 8.89. The Morgan fingerprint density at radius 1 is 1.06 bits per heavy atom. The van der Waals surface area contributed by atoms with Crippen molar-refractivity contribution in [1.29, 1.82) is 5.26 Å². The van der Waals surface area contributed by atoms with E-state index in [9.17, 15) is 28.0 Å². The van der Waals surface area contributed by atoms with Crippen LogP contribution >= 0.6 is 11.8 Å². The number of halogens is 3. The van der Waals surface area contributed by atoms with Crippen molar-refractivity contribution in [3.8, 4) is 17.6 Å². The zero-order valence-electron chi connectivity index (χ0n) is 17.9. The number of fused-ring (bicyclic) bond motifs is 1. The lowest BCUT2D eigenvalue weighted by Gasteiger charge is -2.31. The van der Waals surface area contributed by atoms with Gasteiger partial charge in [0.15, 0.2) is 11.5 Å². The van der Waals surface area contributed by atoms with Crippen LogP contribution in [0.25, 0.3) is 0 Å². The number of nitrogens with two attached hydrogens (primary N) is 1. The van der Waals surface area contributed by atoms with E-state index in [0.717, 1.165) is 34.9 Å². The van der Waals surface area contributed by atoms with Gasteiger partial charge in [-0.25, -0.2) is 4.90 Å². The van der Waals surface area contributed by atoms with Crippen molar-refractivity contribution in [3.05, 3.63) is 64.2 Å². The summed E-state index contributed by atoms with van der Waals surface area (Å²) in [5.74, 6) is -2.58. The third kappa shape index (κ3) is 3.74. The maximum Gasteiger partial charge on any atom is 0.416 e. The number of carbonyl (C=O) groups is 2. The molecular formula is C23H18F3N3O4S. The summed E-state index contributed by atoms with van der Waals surface area (Å²) in [6.45, 7) is 0. The van der Waals surface area contributed by atoms with Gasteiger partial charge in [-0.15, -0.1) is 0 Å². The van der Waals surface area contributed by atoms with Crippen molar-refractivity contribution in [3.63, 3.8) is 0 Å². The van der Waals surface area contributed by atoms with E-state index in [0.29, 0.717) is 17.1 Å². The molecule has 0 saturated carbocycles. The first-order valence-corrected chi connectivity index (χ1v) is 10.8. The normalized spacial score (nSPS) is 22.5. The fraction of sp³-hybridized carbons (Fsp3) is 0.261. The maximum atomic E-state index is 13.5. The van der Waals surface area contributed by atoms with Crippen molar-refractivity contribution in [2.45, 2.75) is 17.3 Å². The predicted octanol–water partition coefficient (Wildman–Crippen LogP) is 3.81. The second kappa shape index (κ2) is 8.61. The number of thioether (sulfide) groups is 1. The monoisotopic (exact) mass is 489 g/mol. The Balaban J connectivity index is 1.83. The van der Waals surface area contributed by atoms with Crippen LogP contribution < -0.4 is 20.1 Å². The highest BCUT2D eigenvalue weighted by atomic mass is 32.2. The highest BCUT2D eigenvalue weighted by Crippen LogP contribution is 2.51.